The maximum Gasteiger partial charge on any atom is 0.268 e. The number of carbonyl (C=O) groups is 1. The zero-order valence-electron chi connectivity index (χ0n) is 14.7. The molecule has 1 atom stereocenters. The normalized spacial score (nSPS) is 16.5. The first kappa shape index (κ1) is 18.9. The Labute approximate surface area is 164 Å². The molecule has 1 aliphatic heterocycles. The largest absolute Gasteiger partial charge is 0.296 e. The van der Waals surface area contributed by atoms with Gasteiger partial charge in [0.2, 0.25) is 10.0 Å². The van der Waals surface area contributed by atoms with Crippen LogP contribution in [0.4, 0.5) is 0 Å². The minimum absolute atomic E-state index is 0.0315. The van der Waals surface area contributed by atoms with E-state index in [0.717, 1.165) is 16.8 Å². The second-order valence-electron chi connectivity index (χ2n) is 6.44. The summed E-state index contributed by atoms with van der Waals surface area (Å²) in [6, 6.07) is 9.68. The van der Waals surface area contributed by atoms with Gasteiger partial charge >= 0.3 is 0 Å². The number of aldehydes is 1. The van der Waals surface area contributed by atoms with Crippen LogP contribution in [0, 0.1) is 0 Å². The number of benzene rings is 1. The van der Waals surface area contributed by atoms with Crippen LogP contribution in [-0.4, -0.2) is 49.8 Å². The van der Waals surface area contributed by atoms with Crippen molar-refractivity contribution in [3.8, 4) is 11.1 Å². The van der Waals surface area contributed by atoms with Crippen molar-refractivity contribution < 1.29 is 22.0 Å². The van der Waals surface area contributed by atoms with E-state index in [4.69, 9.17) is 0 Å². The molecule has 0 aliphatic carbocycles. The summed E-state index contributed by atoms with van der Waals surface area (Å²) in [6.45, 7) is 1.07. The number of rotatable bonds is 5. The average Bonchev–Trinajstić information content (AvgIpc) is 3.35. The summed E-state index contributed by atoms with van der Waals surface area (Å²) >= 11 is -2.43. The van der Waals surface area contributed by atoms with Gasteiger partial charge in [-0.3, -0.25) is 9.35 Å². The van der Waals surface area contributed by atoms with E-state index in [0.29, 0.717) is 35.9 Å². The van der Waals surface area contributed by atoms with Crippen LogP contribution in [0.3, 0.4) is 0 Å². The van der Waals surface area contributed by atoms with Crippen LogP contribution in [0.2, 0.25) is 0 Å². The van der Waals surface area contributed by atoms with Crippen LogP contribution in [0.1, 0.15) is 23.3 Å². The molecule has 0 saturated carbocycles. The van der Waals surface area contributed by atoms with Gasteiger partial charge in [0.05, 0.1) is 10.6 Å². The summed E-state index contributed by atoms with van der Waals surface area (Å²) in [6.07, 6.45) is 3.71. The molecule has 0 bridgehead atoms. The van der Waals surface area contributed by atoms with Gasteiger partial charge in [0, 0.05) is 24.7 Å². The number of nitrogens with zero attached hydrogens (tertiary/aromatic N) is 3. The minimum Gasteiger partial charge on any atom is -0.296 e. The van der Waals surface area contributed by atoms with E-state index in [2.05, 4.69) is 4.98 Å². The lowest BCUT2D eigenvalue weighted by molar-refractivity contribution is 0.111. The standard InChI is InChI=1S/C18H17N3O5S2/c22-12-14-11-17-16(7-8-19-18(17)21(14)27(23)24)13-3-5-15(6-4-13)28(25,26)20-9-1-2-10-20/h3-8,11-12H,1-2,9-10H2,(H,23,24). The molecule has 0 spiro atoms. The summed E-state index contributed by atoms with van der Waals surface area (Å²) in [5.74, 6) is 0. The van der Waals surface area contributed by atoms with Crippen molar-refractivity contribution in [2.75, 3.05) is 13.1 Å². The number of carbonyl (C=O) groups excluding carboxylic acids is 1. The minimum atomic E-state index is -3.50. The molecule has 1 unspecified atom stereocenters. The highest BCUT2D eigenvalue weighted by atomic mass is 32.2. The number of aromatic nitrogens is 2. The molecule has 28 heavy (non-hydrogen) atoms. The molecular weight excluding hydrogens is 402 g/mol. The maximum absolute atomic E-state index is 12.7. The molecule has 8 nitrogen and oxygen atoms in total. The molecule has 146 valence electrons. The first-order valence-electron chi connectivity index (χ1n) is 8.61. The summed E-state index contributed by atoms with van der Waals surface area (Å²) in [7, 11) is -3.50. The van der Waals surface area contributed by atoms with Crippen LogP contribution in [-0.2, 0) is 21.3 Å². The van der Waals surface area contributed by atoms with Crippen LogP contribution in [0.25, 0.3) is 22.2 Å². The van der Waals surface area contributed by atoms with E-state index in [1.807, 2.05) is 0 Å². The van der Waals surface area contributed by atoms with Crippen molar-refractivity contribution in [3.05, 3.63) is 48.3 Å². The number of fused-ring (bicyclic) bond motifs is 1. The molecule has 1 aromatic carbocycles. The zero-order chi connectivity index (χ0) is 19.9. The van der Waals surface area contributed by atoms with Gasteiger partial charge in [-0.25, -0.2) is 21.6 Å². The van der Waals surface area contributed by atoms with Crippen LogP contribution in [0.5, 0.6) is 0 Å². The highest BCUT2D eigenvalue weighted by Gasteiger charge is 2.27. The van der Waals surface area contributed by atoms with Gasteiger partial charge in [-0.2, -0.15) is 4.31 Å². The predicted molar refractivity (Wildman–Crippen MR) is 105 cm³/mol. The highest BCUT2D eigenvalue weighted by molar-refractivity contribution is 7.89. The third kappa shape index (κ3) is 3.08. The number of hydrogen-bond acceptors (Lipinski definition) is 5. The Balaban J connectivity index is 1.79. The molecule has 2 aromatic heterocycles. The number of pyridine rings is 1. The molecule has 1 saturated heterocycles. The van der Waals surface area contributed by atoms with Gasteiger partial charge in [0.25, 0.3) is 11.3 Å². The smallest absolute Gasteiger partial charge is 0.268 e. The molecule has 3 heterocycles. The second kappa shape index (κ2) is 7.21. The molecule has 4 rings (SSSR count). The van der Waals surface area contributed by atoms with Gasteiger partial charge in [-0.1, -0.05) is 12.1 Å². The fraction of sp³-hybridized carbons (Fsp3) is 0.222. The Bertz CT molecular complexity index is 1180. The van der Waals surface area contributed by atoms with E-state index in [-0.39, 0.29) is 16.2 Å². The summed E-state index contributed by atoms with van der Waals surface area (Å²) in [5.41, 5.74) is 1.63. The Morgan fingerprint density at radius 3 is 2.39 bits per heavy atom. The van der Waals surface area contributed by atoms with Crippen LogP contribution < -0.4 is 0 Å². The third-order valence-corrected chi connectivity index (χ3v) is 7.44. The number of sulfonamides is 1. The van der Waals surface area contributed by atoms with Crippen molar-refractivity contribution >= 4 is 38.6 Å². The van der Waals surface area contributed by atoms with E-state index in [1.54, 1.807) is 30.3 Å². The average molecular weight is 419 g/mol. The fourth-order valence-electron chi connectivity index (χ4n) is 3.48. The van der Waals surface area contributed by atoms with Crippen molar-refractivity contribution in [3.63, 3.8) is 0 Å². The third-order valence-electron chi connectivity index (χ3n) is 4.83. The Morgan fingerprint density at radius 1 is 1.11 bits per heavy atom. The highest BCUT2D eigenvalue weighted by Crippen LogP contribution is 2.31. The van der Waals surface area contributed by atoms with Crippen molar-refractivity contribution in [1.29, 1.82) is 0 Å². The van der Waals surface area contributed by atoms with Gasteiger partial charge in [0.15, 0.2) is 11.9 Å². The Morgan fingerprint density at radius 2 is 1.79 bits per heavy atom. The van der Waals surface area contributed by atoms with E-state index < -0.39 is 21.3 Å². The van der Waals surface area contributed by atoms with Crippen molar-refractivity contribution in [2.24, 2.45) is 0 Å². The lowest BCUT2D eigenvalue weighted by Crippen LogP contribution is -2.27. The van der Waals surface area contributed by atoms with Crippen molar-refractivity contribution in [2.45, 2.75) is 17.7 Å². The first-order valence-corrected chi connectivity index (χ1v) is 11.1. The summed E-state index contributed by atoms with van der Waals surface area (Å²) in [4.78, 5) is 15.6. The first-order chi connectivity index (χ1) is 13.4. The summed E-state index contributed by atoms with van der Waals surface area (Å²) < 4.78 is 48.8. The lowest BCUT2D eigenvalue weighted by Gasteiger charge is -2.15. The predicted octanol–water partition coefficient (Wildman–Crippen LogP) is 2.29. The molecule has 3 aromatic rings. The molecule has 1 aliphatic rings. The Kier molecular flexibility index (Phi) is 4.88. The molecule has 0 radical (unpaired) electrons. The fourth-order valence-corrected chi connectivity index (χ4v) is 5.56. The van der Waals surface area contributed by atoms with Gasteiger partial charge in [-0.05, 0) is 48.2 Å². The molecular formula is C18H17N3O5S2. The molecule has 10 heteroatoms. The van der Waals surface area contributed by atoms with Gasteiger partial charge in [-0.15, -0.1) is 0 Å². The van der Waals surface area contributed by atoms with Crippen LogP contribution in [0.15, 0.2) is 47.5 Å². The zero-order valence-corrected chi connectivity index (χ0v) is 16.3. The molecule has 1 N–H and O–H groups in total. The quantitative estimate of drug-likeness (QED) is 0.502. The molecule has 1 fully saturated rings. The van der Waals surface area contributed by atoms with Gasteiger partial charge in [0.1, 0.15) is 0 Å². The second-order valence-corrected chi connectivity index (χ2v) is 9.21. The van der Waals surface area contributed by atoms with Crippen molar-refractivity contribution in [1.82, 2.24) is 13.3 Å². The number of hydrogen-bond donors (Lipinski definition) is 1. The maximum atomic E-state index is 12.7. The molecule has 0 amide bonds. The topological polar surface area (TPSA) is 110 Å². The van der Waals surface area contributed by atoms with E-state index in [9.17, 15) is 22.0 Å². The SMILES string of the molecule is O=Cc1cc2c(-c3ccc(S(=O)(=O)N4CCCC4)cc3)ccnc2n1S(=O)O. The van der Waals surface area contributed by atoms with E-state index >= 15 is 0 Å². The summed E-state index contributed by atoms with van der Waals surface area (Å²) in [5, 5.41) is 0.530. The van der Waals surface area contributed by atoms with Gasteiger partial charge < -0.3 is 0 Å². The van der Waals surface area contributed by atoms with E-state index in [1.165, 1.54) is 16.6 Å². The monoisotopic (exact) mass is 419 g/mol. The lowest BCUT2D eigenvalue weighted by atomic mass is 10.0. The van der Waals surface area contributed by atoms with Crippen LogP contribution >= 0.6 is 0 Å². The Hall–Kier alpha value is -2.40.